The van der Waals surface area contributed by atoms with Crippen molar-refractivity contribution in [3.05, 3.63) is 52.2 Å². The van der Waals surface area contributed by atoms with E-state index in [0.717, 1.165) is 5.75 Å². The van der Waals surface area contributed by atoms with Gasteiger partial charge in [-0.25, -0.2) is 0 Å². The third-order valence-corrected chi connectivity index (χ3v) is 3.84. The molecule has 0 aliphatic heterocycles. The average Bonchev–Trinajstić information content (AvgIpc) is 2.92. The van der Waals surface area contributed by atoms with E-state index in [1.165, 1.54) is 11.1 Å². The first-order chi connectivity index (χ1) is 8.70. The Kier molecular flexibility index (Phi) is 4.39. The Labute approximate surface area is 113 Å². The normalized spacial score (nSPS) is 14.2. The molecule has 0 aliphatic carbocycles. The van der Waals surface area contributed by atoms with Gasteiger partial charge in [-0.05, 0) is 53.9 Å². The van der Waals surface area contributed by atoms with Gasteiger partial charge in [0.15, 0.2) is 0 Å². The molecule has 2 aromatic rings. The van der Waals surface area contributed by atoms with Crippen LogP contribution >= 0.6 is 11.3 Å². The highest BCUT2D eigenvalue weighted by atomic mass is 32.1. The molecule has 0 spiro atoms. The van der Waals surface area contributed by atoms with Crippen LogP contribution in [0.4, 0.5) is 0 Å². The monoisotopic (exact) mass is 261 g/mol. The van der Waals surface area contributed by atoms with Crippen molar-refractivity contribution in [3.8, 4) is 5.75 Å². The molecule has 0 radical (unpaired) electrons. The molecule has 2 nitrogen and oxygen atoms in total. The van der Waals surface area contributed by atoms with E-state index in [1.807, 2.05) is 12.1 Å². The molecular weight excluding hydrogens is 242 g/mol. The summed E-state index contributed by atoms with van der Waals surface area (Å²) in [4.78, 5) is 0. The summed E-state index contributed by atoms with van der Waals surface area (Å²) in [6.07, 6.45) is 0. The van der Waals surface area contributed by atoms with Gasteiger partial charge < -0.3 is 10.1 Å². The molecule has 1 aromatic heterocycles. The Morgan fingerprint density at radius 2 is 1.89 bits per heavy atom. The molecule has 1 unspecified atom stereocenters. The fourth-order valence-corrected chi connectivity index (χ4v) is 2.75. The highest BCUT2D eigenvalue weighted by Gasteiger charge is 2.11. The van der Waals surface area contributed by atoms with Gasteiger partial charge in [-0.1, -0.05) is 12.1 Å². The summed E-state index contributed by atoms with van der Waals surface area (Å²) >= 11 is 1.74. The molecule has 0 fully saturated rings. The van der Waals surface area contributed by atoms with E-state index in [2.05, 4.69) is 48.1 Å². The molecular formula is C15H19NOS. The molecule has 18 heavy (non-hydrogen) atoms. The summed E-state index contributed by atoms with van der Waals surface area (Å²) in [7, 11) is 1.70. The maximum absolute atomic E-state index is 5.26. The fourth-order valence-electron chi connectivity index (χ4n) is 2.00. The molecule has 1 heterocycles. The number of methoxy groups -OCH3 is 1. The van der Waals surface area contributed by atoms with Gasteiger partial charge in [0, 0.05) is 12.1 Å². The second kappa shape index (κ2) is 6.03. The molecule has 0 saturated carbocycles. The molecule has 2 atom stereocenters. The van der Waals surface area contributed by atoms with Crippen molar-refractivity contribution in [2.45, 2.75) is 25.9 Å². The van der Waals surface area contributed by atoms with Crippen LogP contribution in [0.3, 0.4) is 0 Å². The Morgan fingerprint density at radius 3 is 2.56 bits per heavy atom. The summed E-state index contributed by atoms with van der Waals surface area (Å²) in [6, 6.07) is 11.0. The van der Waals surface area contributed by atoms with Crippen molar-refractivity contribution in [1.29, 1.82) is 0 Å². The smallest absolute Gasteiger partial charge is 0.119 e. The van der Waals surface area contributed by atoms with Crippen LogP contribution < -0.4 is 10.1 Å². The Balaban J connectivity index is 2.04. The third kappa shape index (κ3) is 3.12. The minimum Gasteiger partial charge on any atom is -0.497 e. The molecule has 0 aliphatic rings. The van der Waals surface area contributed by atoms with E-state index < -0.39 is 0 Å². The van der Waals surface area contributed by atoms with Gasteiger partial charge in [-0.15, -0.1) is 0 Å². The van der Waals surface area contributed by atoms with Crippen LogP contribution in [0.2, 0.25) is 0 Å². The average molecular weight is 261 g/mol. The zero-order valence-corrected chi connectivity index (χ0v) is 11.8. The maximum atomic E-state index is 5.26. The minimum atomic E-state index is 0.301. The summed E-state index contributed by atoms with van der Waals surface area (Å²) in [6.45, 7) is 4.37. The molecule has 1 N–H and O–H groups in total. The summed E-state index contributed by atoms with van der Waals surface area (Å²) in [5.41, 5.74) is 2.59. The van der Waals surface area contributed by atoms with E-state index in [4.69, 9.17) is 4.74 Å². The Bertz CT molecular complexity index is 481. The lowest BCUT2D eigenvalue weighted by atomic mass is 10.1. The Morgan fingerprint density at radius 1 is 1.11 bits per heavy atom. The van der Waals surface area contributed by atoms with Gasteiger partial charge in [0.1, 0.15) is 5.75 Å². The third-order valence-electron chi connectivity index (χ3n) is 3.14. The van der Waals surface area contributed by atoms with E-state index in [1.54, 1.807) is 18.4 Å². The van der Waals surface area contributed by atoms with Crippen LogP contribution in [0.5, 0.6) is 5.75 Å². The van der Waals surface area contributed by atoms with E-state index in [0.29, 0.717) is 12.1 Å². The minimum absolute atomic E-state index is 0.301. The number of nitrogens with one attached hydrogen (secondary N) is 1. The second-order valence-corrected chi connectivity index (χ2v) is 5.22. The number of thiophene rings is 1. The van der Waals surface area contributed by atoms with E-state index in [-0.39, 0.29) is 0 Å². The van der Waals surface area contributed by atoms with Crippen molar-refractivity contribution < 1.29 is 4.74 Å². The predicted octanol–water partition coefficient (Wildman–Crippen LogP) is 4.17. The van der Waals surface area contributed by atoms with Gasteiger partial charge >= 0.3 is 0 Å². The number of ether oxygens (including phenoxy) is 1. The molecule has 0 amide bonds. The van der Waals surface area contributed by atoms with Crippen molar-refractivity contribution >= 4 is 11.3 Å². The van der Waals surface area contributed by atoms with E-state index in [9.17, 15) is 0 Å². The largest absolute Gasteiger partial charge is 0.497 e. The standard InChI is InChI=1S/C15H19NOS/c1-11(13-5-4-6-15(9-13)17-3)16-12(2)14-7-8-18-10-14/h4-12,16H,1-3H3/t11-,12?/m0/s1. The number of hydrogen-bond donors (Lipinski definition) is 1. The van der Waals surface area contributed by atoms with Crippen LogP contribution in [-0.2, 0) is 0 Å². The summed E-state index contributed by atoms with van der Waals surface area (Å²) in [5, 5.41) is 7.91. The SMILES string of the molecule is COc1cccc([C@H](C)NC(C)c2ccsc2)c1. The van der Waals surface area contributed by atoms with Gasteiger partial charge in [-0.2, -0.15) is 11.3 Å². The van der Waals surface area contributed by atoms with Crippen molar-refractivity contribution in [2.75, 3.05) is 7.11 Å². The van der Waals surface area contributed by atoms with Gasteiger partial charge in [-0.3, -0.25) is 0 Å². The summed E-state index contributed by atoms with van der Waals surface area (Å²) in [5.74, 6) is 0.907. The molecule has 3 heteroatoms. The van der Waals surface area contributed by atoms with Crippen molar-refractivity contribution in [1.82, 2.24) is 5.32 Å². The zero-order valence-electron chi connectivity index (χ0n) is 11.0. The van der Waals surface area contributed by atoms with Crippen LogP contribution in [0, 0.1) is 0 Å². The van der Waals surface area contributed by atoms with Crippen LogP contribution in [-0.4, -0.2) is 7.11 Å². The fraction of sp³-hybridized carbons (Fsp3) is 0.333. The molecule has 96 valence electrons. The zero-order chi connectivity index (χ0) is 13.0. The van der Waals surface area contributed by atoms with Gasteiger partial charge in [0.25, 0.3) is 0 Å². The van der Waals surface area contributed by atoms with Crippen LogP contribution in [0.15, 0.2) is 41.1 Å². The first-order valence-corrected chi connectivity index (χ1v) is 7.07. The highest BCUT2D eigenvalue weighted by molar-refractivity contribution is 7.07. The first-order valence-electron chi connectivity index (χ1n) is 6.13. The van der Waals surface area contributed by atoms with Crippen LogP contribution in [0.25, 0.3) is 0 Å². The summed E-state index contributed by atoms with van der Waals surface area (Å²) < 4.78 is 5.26. The maximum Gasteiger partial charge on any atom is 0.119 e. The highest BCUT2D eigenvalue weighted by Crippen LogP contribution is 2.23. The van der Waals surface area contributed by atoms with Gasteiger partial charge in [0.05, 0.1) is 7.11 Å². The predicted molar refractivity (Wildman–Crippen MR) is 77.3 cm³/mol. The van der Waals surface area contributed by atoms with E-state index >= 15 is 0 Å². The lowest BCUT2D eigenvalue weighted by Gasteiger charge is -2.20. The second-order valence-electron chi connectivity index (χ2n) is 4.44. The molecule has 1 aromatic carbocycles. The van der Waals surface area contributed by atoms with Gasteiger partial charge in [0.2, 0.25) is 0 Å². The van der Waals surface area contributed by atoms with Crippen molar-refractivity contribution in [2.24, 2.45) is 0 Å². The topological polar surface area (TPSA) is 21.3 Å². The lowest BCUT2D eigenvalue weighted by Crippen LogP contribution is -2.22. The number of benzene rings is 1. The number of hydrogen-bond acceptors (Lipinski definition) is 3. The van der Waals surface area contributed by atoms with Crippen molar-refractivity contribution in [3.63, 3.8) is 0 Å². The quantitative estimate of drug-likeness (QED) is 0.872. The van der Waals surface area contributed by atoms with Crippen LogP contribution in [0.1, 0.15) is 37.1 Å². The number of rotatable bonds is 5. The molecule has 2 rings (SSSR count). The Hall–Kier alpha value is -1.32. The molecule has 0 bridgehead atoms. The molecule has 0 saturated heterocycles. The first kappa shape index (κ1) is 13.1. The lowest BCUT2D eigenvalue weighted by molar-refractivity contribution is 0.412.